The average molecular weight is 528 g/mol. The van der Waals surface area contributed by atoms with E-state index in [9.17, 15) is 19.1 Å². The monoisotopic (exact) mass is 527 g/mol. The van der Waals surface area contributed by atoms with E-state index in [0.29, 0.717) is 42.1 Å². The Balaban J connectivity index is 1.49. The van der Waals surface area contributed by atoms with E-state index in [4.69, 9.17) is 17.0 Å². The smallest absolute Gasteiger partial charge is 0.341 e. The molecule has 1 aromatic heterocycles. The van der Waals surface area contributed by atoms with E-state index in [1.807, 2.05) is 16.7 Å². The topological polar surface area (TPSA) is 75.0 Å². The summed E-state index contributed by atoms with van der Waals surface area (Å²) in [7, 11) is 1.42. The Hall–Kier alpha value is -3.53. The number of hydrogen-bond acceptors (Lipinski definition) is 5. The van der Waals surface area contributed by atoms with Gasteiger partial charge in [0.2, 0.25) is 5.43 Å². The highest BCUT2D eigenvalue weighted by Gasteiger charge is 2.33. The van der Waals surface area contributed by atoms with Gasteiger partial charge in [-0.3, -0.25) is 4.79 Å². The number of hydrogen-bond donors (Lipinski definition) is 1. The van der Waals surface area contributed by atoms with Crippen molar-refractivity contribution in [2.75, 3.05) is 31.6 Å². The van der Waals surface area contributed by atoms with Crippen LogP contribution in [0.25, 0.3) is 10.9 Å². The van der Waals surface area contributed by atoms with Crippen molar-refractivity contribution >= 4 is 39.8 Å². The first-order valence-electron chi connectivity index (χ1n) is 12.2. The molecule has 1 aliphatic carbocycles. The molecular formula is C27H27F2N3O4S. The summed E-state index contributed by atoms with van der Waals surface area (Å²) >= 11 is 5.64. The van der Waals surface area contributed by atoms with E-state index in [2.05, 4.69) is 0 Å². The Bertz CT molecular complexity index is 1470. The maximum Gasteiger partial charge on any atom is 0.341 e. The van der Waals surface area contributed by atoms with Crippen LogP contribution in [-0.4, -0.2) is 58.3 Å². The number of carbonyl (C=O) groups is 1. The van der Waals surface area contributed by atoms with Crippen LogP contribution in [0.3, 0.4) is 0 Å². The quantitative estimate of drug-likeness (QED) is 0.477. The van der Waals surface area contributed by atoms with Crippen LogP contribution in [0.5, 0.6) is 5.75 Å². The molecule has 10 heteroatoms. The Morgan fingerprint density at radius 1 is 1.19 bits per heavy atom. The number of thiocarbonyl (C=S) groups is 1. The number of benzene rings is 2. The summed E-state index contributed by atoms with van der Waals surface area (Å²) in [5.41, 5.74) is 0.0436. The number of ether oxygens (including phenoxy) is 1. The molecule has 37 heavy (non-hydrogen) atoms. The molecule has 2 heterocycles. The number of piperazine rings is 1. The molecule has 0 bridgehead atoms. The van der Waals surface area contributed by atoms with Gasteiger partial charge in [0.25, 0.3) is 0 Å². The molecule has 2 fully saturated rings. The minimum Gasteiger partial charge on any atom is -0.492 e. The van der Waals surface area contributed by atoms with Crippen LogP contribution in [0.15, 0.2) is 41.3 Å². The number of nitrogens with zero attached hydrogens (tertiary/aromatic N) is 3. The fourth-order valence-corrected chi connectivity index (χ4v) is 5.59. The summed E-state index contributed by atoms with van der Waals surface area (Å²) in [5.74, 6) is -2.08. The molecule has 1 N–H and O–H groups in total. The lowest BCUT2D eigenvalue weighted by atomic mass is 10.1. The van der Waals surface area contributed by atoms with Gasteiger partial charge in [0.05, 0.1) is 23.0 Å². The normalized spacial score (nSPS) is 17.8. The highest BCUT2D eigenvalue weighted by atomic mass is 32.1. The predicted octanol–water partition coefficient (Wildman–Crippen LogP) is 4.40. The number of rotatable bonds is 6. The molecule has 1 atom stereocenters. The molecule has 0 spiro atoms. The average Bonchev–Trinajstić information content (AvgIpc) is 3.70. The third-order valence-corrected chi connectivity index (χ3v) is 7.52. The molecule has 3 aromatic rings. The first-order chi connectivity index (χ1) is 17.7. The molecule has 2 aliphatic rings. The van der Waals surface area contributed by atoms with Crippen LogP contribution in [0.2, 0.25) is 0 Å². The Kier molecular flexibility index (Phi) is 6.61. The van der Waals surface area contributed by atoms with Crippen LogP contribution in [0.1, 0.15) is 41.7 Å². The van der Waals surface area contributed by atoms with Crippen molar-refractivity contribution in [1.82, 2.24) is 9.47 Å². The van der Waals surface area contributed by atoms with E-state index in [-0.39, 0.29) is 40.3 Å². The second kappa shape index (κ2) is 9.74. The molecule has 0 amide bonds. The Labute approximate surface area is 217 Å². The van der Waals surface area contributed by atoms with Crippen molar-refractivity contribution in [2.24, 2.45) is 0 Å². The molecule has 2 aromatic carbocycles. The Morgan fingerprint density at radius 3 is 2.54 bits per heavy atom. The minimum absolute atomic E-state index is 0.0114. The maximum atomic E-state index is 15.6. The maximum absolute atomic E-state index is 15.6. The van der Waals surface area contributed by atoms with Crippen molar-refractivity contribution < 1.29 is 23.4 Å². The highest BCUT2D eigenvalue weighted by molar-refractivity contribution is 7.80. The van der Waals surface area contributed by atoms with Crippen molar-refractivity contribution in [1.29, 1.82) is 0 Å². The van der Waals surface area contributed by atoms with E-state index in [1.165, 1.54) is 19.4 Å². The van der Waals surface area contributed by atoms with E-state index in [1.54, 1.807) is 22.8 Å². The number of pyridine rings is 1. The zero-order chi connectivity index (χ0) is 26.4. The van der Waals surface area contributed by atoms with Crippen molar-refractivity contribution in [2.45, 2.75) is 38.3 Å². The lowest BCUT2D eigenvalue weighted by Crippen LogP contribution is -2.54. The van der Waals surface area contributed by atoms with Crippen LogP contribution in [-0.2, 0) is 6.42 Å². The van der Waals surface area contributed by atoms with Gasteiger partial charge < -0.3 is 24.2 Å². The number of halogens is 2. The Morgan fingerprint density at radius 2 is 1.92 bits per heavy atom. The second-order valence-corrected chi connectivity index (χ2v) is 10.1. The lowest BCUT2D eigenvalue weighted by molar-refractivity contribution is 0.0694. The van der Waals surface area contributed by atoms with Gasteiger partial charge in [-0.25, -0.2) is 13.6 Å². The lowest BCUT2D eigenvalue weighted by Gasteiger charge is -2.43. The number of carboxylic acids is 1. The SMILES string of the molecule is COc1c(N2CCN(C(=S)Cc3ccccc3F)C(C)C2)c(F)cc2c(=O)c(C(=O)O)cn(C3CC3)c12. The molecular weight excluding hydrogens is 500 g/mol. The third-order valence-electron chi connectivity index (χ3n) is 7.14. The highest BCUT2D eigenvalue weighted by Crippen LogP contribution is 2.44. The second-order valence-electron chi connectivity index (χ2n) is 9.60. The number of methoxy groups -OCH3 is 1. The van der Waals surface area contributed by atoms with Crippen LogP contribution >= 0.6 is 12.2 Å². The number of fused-ring (bicyclic) bond motifs is 1. The van der Waals surface area contributed by atoms with Gasteiger partial charge in [0, 0.05) is 44.3 Å². The van der Waals surface area contributed by atoms with Gasteiger partial charge in [-0.15, -0.1) is 0 Å². The number of anilines is 1. The fourth-order valence-electron chi connectivity index (χ4n) is 5.16. The van der Waals surface area contributed by atoms with Gasteiger partial charge in [-0.2, -0.15) is 0 Å². The van der Waals surface area contributed by atoms with Gasteiger partial charge in [-0.1, -0.05) is 30.4 Å². The molecule has 0 radical (unpaired) electrons. The standard InChI is InChI=1S/C27H27F2N3O4S/c1-15-13-30(9-10-31(15)22(37)11-16-5-3-4-6-20(16)28)24-21(29)12-18-23(26(24)36-2)32(17-7-8-17)14-19(25(18)33)27(34)35/h3-6,12,14-15,17H,7-11,13H2,1-2H3,(H,34,35). The zero-order valence-corrected chi connectivity index (χ0v) is 21.4. The number of aromatic carboxylic acids is 1. The summed E-state index contributed by atoms with van der Waals surface area (Å²) in [4.78, 5) is 29.1. The molecule has 1 saturated heterocycles. The largest absolute Gasteiger partial charge is 0.492 e. The van der Waals surface area contributed by atoms with E-state index in [0.717, 1.165) is 18.9 Å². The van der Waals surface area contributed by atoms with E-state index < -0.39 is 17.2 Å². The third kappa shape index (κ3) is 4.54. The van der Waals surface area contributed by atoms with Gasteiger partial charge in [-0.05, 0) is 37.5 Å². The van der Waals surface area contributed by atoms with Crippen LogP contribution in [0.4, 0.5) is 14.5 Å². The van der Waals surface area contributed by atoms with Crippen molar-refractivity contribution in [3.8, 4) is 5.75 Å². The zero-order valence-electron chi connectivity index (χ0n) is 20.5. The van der Waals surface area contributed by atoms with Gasteiger partial charge >= 0.3 is 5.97 Å². The molecule has 1 saturated carbocycles. The first-order valence-corrected chi connectivity index (χ1v) is 12.6. The van der Waals surface area contributed by atoms with Crippen molar-refractivity contribution in [3.63, 3.8) is 0 Å². The number of aromatic nitrogens is 1. The summed E-state index contributed by atoms with van der Waals surface area (Å²) in [5, 5.41) is 9.52. The fraction of sp³-hybridized carbons (Fsp3) is 0.370. The molecule has 194 valence electrons. The molecule has 1 aliphatic heterocycles. The minimum atomic E-state index is -1.35. The summed E-state index contributed by atoms with van der Waals surface area (Å²) in [6.07, 6.45) is 3.32. The summed E-state index contributed by atoms with van der Waals surface area (Å²) < 4.78 is 37.2. The summed E-state index contributed by atoms with van der Waals surface area (Å²) in [6, 6.07) is 7.60. The van der Waals surface area contributed by atoms with E-state index >= 15 is 4.39 Å². The van der Waals surface area contributed by atoms with Crippen molar-refractivity contribution in [3.05, 3.63) is 69.5 Å². The van der Waals surface area contributed by atoms with Crippen LogP contribution < -0.4 is 15.1 Å². The van der Waals surface area contributed by atoms with Gasteiger partial charge in [0.15, 0.2) is 11.6 Å². The number of carboxylic acid groups (broad SMARTS) is 1. The van der Waals surface area contributed by atoms with Gasteiger partial charge in [0.1, 0.15) is 17.1 Å². The first kappa shape index (κ1) is 25.1. The summed E-state index contributed by atoms with van der Waals surface area (Å²) in [6.45, 7) is 3.34. The molecule has 1 unspecified atom stereocenters. The molecule has 5 rings (SSSR count). The molecule has 7 nitrogen and oxygen atoms in total. The van der Waals surface area contributed by atoms with Crippen LogP contribution in [0, 0.1) is 11.6 Å². The predicted molar refractivity (Wildman–Crippen MR) is 141 cm³/mol.